The summed E-state index contributed by atoms with van der Waals surface area (Å²) in [6, 6.07) is 10.7. The summed E-state index contributed by atoms with van der Waals surface area (Å²) >= 11 is 0. The molecule has 0 saturated heterocycles. The third kappa shape index (κ3) is 3.88. The summed E-state index contributed by atoms with van der Waals surface area (Å²) in [6.45, 7) is 13.8. The molecule has 1 rings (SSSR count). The van der Waals surface area contributed by atoms with Gasteiger partial charge in [-0.15, -0.1) is 0 Å². The van der Waals surface area contributed by atoms with Crippen molar-refractivity contribution in [2.45, 2.75) is 45.2 Å². The zero-order chi connectivity index (χ0) is 12.4. The van der Waals surface area contributed by atoms with Gasteiger partial charge in [-0.25, -0.2) is 0 Å². The van der Waals surface area contributed by atoms with Crippen molar-refractivity contribution in [3.8, 4) is 0 Å². The molecule has 1 unspecified atom stereocenters. The van der Waals surface area contributed by atoms with Gasteiger partial charge in [0.05, 0.1) is 0 Å². The molecule has 90 valence electrons. The summed E-state index contributed by atoms with van der Waals surface area (Å²) in [5.41, 5.74) is 1.97. The molecule has 1 aromatic carbocycles. The first-order valence-electron chi connectivity index (χ1n) is 5.97. The van der Waals surface area contributed by atoms with E-state index in [-0.39, 0.29) is 0 Å². The van der Waals surface area contributed by atoms with Crippen molar-refractivity contribution in [1.29, 1.82) is 0 Å². The van der Waals surface area contributed by atoms with Crippen LogP contribution in [0.4, 0.5) is 0 Å². The predicted molar refractivity (Wildman–Crippen MR) is 76.8 cm³/mol. The second kappa shape index (κ2) is 4.86. The summed E-state index contributed by atoms with van der Waals surface area (Å²) in [5, 5.41) is 0. The first kappa shape index (κ1) is 13.7. The van der Waals surface area contributed by atoms with Crippen molar-refractivity contribution in [3.05, 3.63) is 35.9 Å². The average molecular weight is 253 g/mol. The Kier molecular flexibility index (Phi) is 4.15. The Morgan fingerprint density at radius 1 is 0.938 bits per heavy atom. The van der Waals surface area contributed by atoms with Gasteiger partial charge in [-0.3, -0.25) is 0 Å². The minimum Gasteiger partial charge on any atom is -0.455 e. The minimum atomic E-state index is -1.62. The van der Waals surface area contributed by atoms with Crippen LogP contribution in [0, 0.1) is 0 Å². The molecule has 0 aromatic heterocycles. The minimum absolute atomic E-state index is 0.556. The van der Waals surface area contributed by atoms with Crippen molar-refractivity contribution < 1.29 is 4.12 Å². The average Bonchev–Trinajstić information content (AvgIpc) is 2.14. The highest BCUT2D eigenvalue weighted by Crippen LogP contribution is 2.29. The van der Waals surface area contributed by atoms with E-state index in [0.29, 0.717) is 5.54 Å². The molecule has 16 heavy (non-hydrogen) atoms. The van der Waals surface area contributed by atoms with Gasteiger partial charge < -0.3 is 4.12 Å². The Labute approximate surface area is 102 Å². The van der Waals surface area contributed by atoms with Crippen LogP contribution < -0.4 is 0 Å². The second-order valence-electron chi connectivity index (χ2n) is 5.95. The lowest BCUT2D eigenvalue weighted by Crippen LogP contribution is -2.46. The summed E-state index contributed by atoms with van der Waals surface area (Å²) in [5.74, 6) is 0. The van der Waals surface area contributed by atoms with Crippen LogP contribution in [0.3, 0.4) is 0 Å². The molecule has 0 radical (unpaired) electrons. The van der Waals surface area contributed by atoms with E-state index in [2.05, 4.69) is 70.0 Å². The van der Waals surface area contributed by atoms with Crippen molar-refractivity contribution >= 4 is 16.6 Å². The van der Waals surface area contributed by atoms with Crippen LogP contribution in [-0.2, 0) is 4.12 Å². The molecule has 0 saturated carbocycles. The molecule has 0 spiro atoms. The Morgan fingerprint density at radius 2 is 1.44 bits per heavy atom. The monoisotopic (exact) mass is 252 g/mol. The lowest BCUT2D eigenvalue weighted by Gasteiger charge is -2.36. The quantitative estimate of drug-likeness (QED) is 0.722. The first-order valence-corrected chi connectivity index (χ1v) is 12.4. The van der Waals surface area contributed by atoms with Crippen molar-refractivity contribution in [2.24, 2.45) is 0 Å². The molecule has 1 aromatic rings. The molecule has 0 aliphatic rings. The molecule has 0 N–H and O–H groups in total. The molecule has 0 heterocycles. The number of hydrogen-bond donors (Lipinski definition) is 0. The lowest BCUT2D eigenvalue weighted by atomic mass is 10.2. The standard InChI is InChI=1S/C13H24OSi2/c1-12(13-10-8-7-9-11-13)16(5,6)14-15(2,3)4/h7-12H,1-6H3. The highest BCUT2D eigenvalue weighted by Gasteiger charge is 2.35. The van der Waals surface area contributed by atoms with Gasteiger partial charge in [0.1, 0.15) is 0 Å². The van der Waals surface area contributed by atoms with Crippen molar-refractivity contribution in [2.75, 3.05) is 0 Å². The fourth-order valence-electron chi connectivity index (χ4n) is 2.02. The molecule has 0 amide bonds. The smallest absolute Gasteiger partial charge is 0.180 e. The van der Waals surface area contributed by atoms with E-state index in [9.17, 15) is 0 Å². The first-order chi connectivity index (χ1) is 7.22. The van der Waals surface area contributed by atoms with Gasteiger partial charge in [0.2, 0.25) is 0 Å². The summed E-state index contributed by atoms with van der Waals surface area (Å²) in [6.07, 6.45) is 0. The topological polar surface area (TPSA) is 9.23 Å². The van der Waals surface area contributed by atoms with Gasteiger partial charge in [-0.1, -0.05) is 37.3 Å². The van der Waals surface area contributed by atoms with E-state index in [0.717, 1.165) is 0 Å². The highest BCUT2D eigenvalue weighted by atomic mass is 28.4. The number of hydrogen-bond acceptors (Lipinski definition) is 1. The molecule has 0 bridgehead atoms. The van der Waals surface area contributed by atoms with Crippen LogP contribution >= 0.6 is 0 Å². The van der Waals surface area contributed by atoms with Gasteiger partial charge in [-0.2, -0.15) is 0 Å². The van der Waals surface area contributed by atoms with Gasteiger partial charge >= 0.3 is 0 Å². The Balaban J connectivity index is 2.84. The molecular weight excluding hydrogens is 228 g/mol. The maximum atomic E-state index is 6.42. The van der Waals surface area contributed by atoms with Crippen LogP contribution in [0.1, 0.15) is 18.0 Å². The fourth-order valence-corrected chi connectivity index (χ4v) is 10.0. The largest absolute Gasteiger partial charge is 0.455 e. The third-order valence-corrected chi connectivity index (χ3v) is 9.88. The Hall–Kier alpha value is -0.386. The third-order valence-electron chi connectivity index (χ3n) is 2.91. The maximum absolute atomic E-state index is 6.42. The molecule has 3 heteroatoms. The number of rotatable bonds is 4. The van der Waals surface area contributed by atoms with Crippen LogP contribution in [-0.4, -0.2) is 16.6 Å². The normalized spacial score (nSPS) is 14.9. The van der Waals surface area contributed by atoms with Crippen LogP contribution in [0.2, 0.25) is 32.7 Å². The molecular formula is C13H24OSi2. The summed E-state index contributed by atoms with van der Waals surface area (Å²) < 4.78 is 6.42. The molecule has 1 atom stereocenters. The molecule has 0 aliphatic heterocycles. The Morgan fingerprint density at radius 3 is 1.88 bits per heavy atom. The second-order valence-corrected chi connectivity index (χ2v) is 15.1. The van der Waals surface area contributed by atoms with Crippen LogP contribution in [0.5, 0.6) is 0 Å². The van der Waals surface area contributed by atoms with Crippen molar-refractivity contribution in [3.63, 3.8) is 0 Å². The molecule has 0 aliphatic carbocycles. The summed E-state index contributed by atoms with van der Waals surface area (Å²) in [4.78, 5) is 0. The summed E-state index contributed by atoms with van der Waals surface area (Å²) in [7, 11) is -3.05. The predicted octanol–water partition coefficient (Wildman–Crippen LogP) is 4.39. The van der Waals surface area contributed by atoms with E-state index in [4.69, 9.17) is 4.12 Å². The van der Waals surface area contributed by atoms with E-state index in [1.54, 1.807) is 0 Å². The Bertz CT molecular complexity index is 328. The van der Waals surface area contributed by atoms with Crippen LogP contribution in [0.15, 0.2) is 30.3 Å². The zero-order valence-corrected chi connectivity index (χ0v) is 13.4. The molecule has 0 fully saturated rings. The van der Waals surface area contributed by atoms with Gasteiger partial charge in [0.25, 0.3) is 0 Å². The highest BCUT2D eigenvalue weighted by molar-refractivity contribution is 6.84. The van der Waals surface area contributed by atoms with Crippen LogP contribution in [0.25, 0.3) is 0 Å². The lowest BCUT2D eigenvalue weighted by molar-refractivity contribution is 0.533. The number of benzene rings is 1. The van der Waals surface area contributed by atoms with E-state index >= 15 is 0 Å². The van der Waals surface area contributed by atoms with Gasteiger partial charge in [-0.05, 0) is 43.8 Å². The van der Waals surface area contributed by atoms with Gasteiger partial charge in [0.15, 0.2) is 16.6 Å². The zero-order valence-electron chi connectivity index (χ0n) is 11.4. The maximum Gasteiger partial charge on any atom is 0.180 e. The van der Waals surface area contributed by atoms with E-state index < -0.39 is 16.6 Å². The van der Waals surface area contributed by atoms with Gasteiger partial charge in [0, 0.05) is 0 Å². The van der Waals surface area contributed by atoms with Crippen molar-refractivity contribution in [1.82, 2.24) is 0 Å². The SMILES string of the molecule is CC(c1ccccc1)[Si](C)(C)O[Si](C)(C)C. The fraction of sp³-hybridized carbons (Fsp3) is 0.538. The van der Waals surface area contributed by atoms with E-state index in [1.807, 2.05) is 0 Å². The van der Waals surface area contributed by atoms with E-state index in [1.165, 1.54) is 5.56 Å². The molecule has 1 nitrogen and oxygen atoms in total.